The molecule has 0 unspecified atom stereocenters. The Morgan fingerprint density at radius 3 is 2.55 bits per heavy atom. The van der Waals surface area contributed by atoms with Gasteiger partial charge in [0.2, 0.25) is 0 Å². The molecule has 20 heavy (non-hydrogen) atoms. The number of anilines is 3. The fourth-order valence-corrected chi connectivity index (χ4v) is 1.93. The number of nitrogen functional groups attached to an aromatic ring is 1. The lowest BCUT2D eigenvalue weighted by Gasteiger charge is -2.10. The van der Waals surface area contributed by atoms with E-state index in [0.717, 1.165) is 5.69 Å². The standard InChI is InChI=1S/C13H16IN5O/c1-2-20-8-13-17-11(7-12(18-13)19-15)16-10-5-3-9(14)4-6-10/h3-7H,2,8,15H2,1H3,(H2,16,17,18,19). The van der Waals surface area contributed by atoms with Crippen molar-refractivity contribution in [3.63, 3.8) is 0 Å². The third-order valence-corrected chi connectivity index (χ3v) is 3.19. The van der Waals surface area contributed by atoms with E-state index in [1.165, 1.54) is 3.57 Å². The molecular weight excluding hydrogens is 369 g/mol. The molecule has 2 aromatic rings. The number of hydrazine groups is 1. The number of nitrogens with one attached hydrogen (secondary N) is 2. The molecule has 0 amide bonds. The molecule has 0 aliphatic rings. The van der Waals surface area contributed by atoms with Gasteiger partial charge < -0.3 is 15.5 Å². The molecule has 0 saturated carbocycles. The van der Waals surface area contributed by atoms with Crippen molar-refractivity contribution in [1.82, 2.24) is 9.97 Å². The highest BCUT2D eigenvalue weighted by atomic mass is 127. The Morgan fingerprint density at radius 1 is 1.20 bits per heavy atom. The first-order valence-corrected chi connectivity index (χ1v) is 7.24. The number of nitrogens with two attached hydrogens (primary N) is 1. The molecule has 0 aliphatic heterocycles. The fraction of sp³-hybridized carbons (Fsp3) is 0.231. The molecule has 0 radical (unpaired) electrons. The lowest BCUT2D eigenvalue weighted by Crippen LogP contribution is -2.12. The van der Waals surface area contributed by atoms with Crippen LogP contribution in [0.1, 0.15) is 12.7 Å². The van der Waals surface area contributed by atoms with E-state index < -0.39 is 0 Å². The van der Waals surface area contributed by atoms with Crippen molar-refractivity contribution in [3.8, 4) is 0 Å². The Labute approximate surface area is 131 Å². The zero-order valence-corrected chi connectivity index (χ0v) is 13.2. The third kappa shape index (κ3) is 4.29. The molecule has 1 heterocycles. The molecule has 0 atom stereocenters. The van der Waals surface area contributed by atoms with Crippen molar-refractivity contribution in [2.24, 2.45) is 5.84 Å². The van der Waals surface area contributed by atoms with Gasteiger partial charge in [-0.15, -0.1) is 0 Å². The molecule has 6 nitrogen and oxygen atoms in total. The number of rotatable bonds is 6. The predicted molar refractivity (Wildman–Crippen MR) is 87.6 cm³/mol. The number of nitrogens with zero attached hydrogens (tertiary/aromatic N) is 2. The molecule has 0 aliphatic carbocycles. The average Bonchev–Trinajstić information content (AvgIpc) is 2.47. The second kappa shape index (κ2) is 7.36. The van der Waals surface area contributed by atoms with E-state index >= 15 is 0 Å². The Kier molecular flexibility index (Phi) is 5.50. The van der Waals surface area contributed by atoms with Gasteiger partial charge in [0.25, 0.3) is 0 Å². The highest BCUT2D eigenvalue weighted by Gasteiger charge is 2.04. The largest absolute Gasteiger partial charge is 0.374 e. The minimum Gasteiger partial charge on any atom is -0.374 e. The van der Waals surface area contributed by atoms with E-state index in [1.807, 2.05) is 31.2 Å². The van der Waals surface area contributed by atoms with Gasteiger partial charge in [0, 0.05) is 21.9 Å². The van der Waals surface area contributed by atoms with Gasteiger partial charge in [-0.2, -0.15) is 0 Å². The normalized spacial score (nSPS) is 10.3. The van der Waals surface area contributed by atoms with Crippen molar-refractivity contribution in [1.29, 1.82) is 0 Å². The summed E-state index contributed by atoms with van der Waals surface area (Å²) in [5.74, 6) is 7.21. The lowest BCUT2D eigenvalue weighted by atomic mass is 10.3. The molecule has 0 fully saturated rings. The molecule has 4 N–H and O–H groups in total. The maximum absolute atomic E-state index is 5.42. The van der Waals surface area contributed by atoms with Gasteiger partial charge in [0.15, 0.2) is 5.82 Å². The molecule has 1 aromatic heterocycles. The SMILES string of the molecule is CCOCc1nc(NN)cc(Nc2ccc(I)cc2)n1. The van der Waals surface area contributed by atoms with Gasteiger partial charge in [0.1, 0.15) is 18.2 Å². The number of halogens is 1. The van der Waals surface area contributed by atoms with Crippen LogP contribution in [0.2, 0.25) is 0 Å². The molecule has 106 valence electrons. The zero-order valence-electron chi connectivity index (χ0n) is 11.1. The summed E-state index contributed by atoms with van der Waals surface area (Å²) in [5.41, 5.74) is 3.48. The van der Waals surface area contributed by atoms with Crippen LogP contribution < -0.4 is 16.6 Å². The van der Waals surface area contributed by atoms with E-state index in [4.69, 9.17) is 10.6 Å². The Hall–Kier alpha value is -1.45. The average molecular weight is 385 g/mol. The Balaban J connectivity index is 2.19. The summed E-state index contributed by atoms with van der Waals surface area (Å²) < 4.78 is 6.50. The Bertz CT molecular complexity index is 561. The van der Waals surface area contributed by atoms with Crippen LogP contribution in [0.3, 0.4) is 0 Å². The molecule has 7 heteroatoms. The van der Waals surface area contributed by atoms with E-state index in [2.05, 4.69) is 43.3 Å². The van der Waals surface area contributed by atoms with E-state index in [1.54, 1.807) is 6.07 Å². The van der Waals surface area contributed by atoms with Crippen LogP contribution in [0.4, 0.5) is 17.3 Å². The van der Waals surface area contributed by atoms with Gasteiger partial charge in [-0.3, -0.25) is 0 Å². The van der Waals surface area contributed by atoms with Gasteiger partial charge >= 0.3 is 0 Å². The van der Waals surface area contributed by atoms with Crippen LogP contribution in [-0.4, -0.2) is 16.6 Å². The van der Waals surface area contributed by atoms with E-state index in [9.17, 15) is 0 Å². The van der Waals surface area contributed by atoms with Gasteiger partial charge in [-0.05, 0) is 53.8 Å². The van der Waals surface area contributed by atoms with Gasteiger partial charge in [-0.1, -0.05) is 0 Å². The van der Waals surface area contributed by atoms with Crippen LogP contribution >= 0.6 is 22.6 Å². The van der Waals surface area contributed by atoms with E-state index in [0.29, 0.717) is 30.7 Å². The van der Waals surface area contributed by atoms with Gasteiger partial charge in [-0.25, -0.2) is 15.8 Å². The maximum Gasteiger partial charge on any atom is 0.158 e. The minimum atomic E-state index is 0.355. The van der Waals surface area contributed by atoms with Crippen molar-refractivity contribution >= 4 is 39.9 Å². The molecule has 2 rings (SSSR count). The van der Waals surface area contributed by atoms with Crippen LogP contribution in [0.25, 0.3) is 0 Å². The molecule has 0 saturated heterocycles. The quantitative estimate of drug-likeness (QED) is 0.403. The number of hydrogen-bond donors (Lipinski definition) is 3. The van der Waals surface area contributed by atoms with Crippen LogP contribution in [0.15, 0.2) is 30.3 Å². The number of aromatic nitrogens is 2. The second-order valence-electron chi connectivity index (χ2n) is 3.97. The second-order valence-corrected chi connectivity index (χ2v) is 5.21. The first-order valence-electron chi connectivity index (χ1n) is 6.16. The Morgan fingerprint density at radius 2 is 1.90 bits per heavy atom. The van der Waals surface area contributed by atoms with Crippen molar-refractivity contribution in [3.05, 3.63) is 39.7 Å². The highest BCUT2D eigenvalue weighted by Crippen LogP contribution is 2.18. The smallest absolute Gasteiger partial charge is 0.158 e. The summed E-state index contributed by atoms with van der Waals surface area (Å²) in [7, 11) is 0. The van der Waals surface area contributed by atoms with Crippen molar-refractivity contribution in [2.45, 2.75) is 13.5 Å². The summed E-state index contributed by atoms with van der Waals surface area (Å²) >= 11 is 2.26. The monoisotopic (exact) mass is 385 g/mol. The maximum atomic E-state index is 5.42. The predicted octanol–water partition coefficient (Wildman–Crippen LogP) is 2.65. The van der Waals surface area contributed by atoms with Crippen LogP contribution in [0, 0.1) is 3.57 Å². The van der Waals surface area contributed by atoms with E-state index in [-0.39, 0.29) is 0 Å². The molecular formula is C13H16IN5O. The number of hydrogen-bond acceptors (Lipinski definition) is 6. The van der Waals surface area contributed by atoms with Gasteiger partial charge in [0.05, 0.1) is 0 Å². The summed E-state index contributed by atoms with van der Waals surface area (Å²) in [6, 6.07) is 9.76. The van der Waals surface area contributed by atoms with Crippen LogP contribution in [-0.2, 0) is 11.3 Å². The summed E-state index contributed by atoms with van der Waals surface area (Å²) in [5, 5.41) is 3.22. The fourth-order valence-electron chi connectivity index (χ4n) is 1.57. The number of benzene rings is 1. The summed E-state index contributed by atoms with van der Waals surface area (Å²) in [6.45, 7) is 2.90. The molecule has 0 bridgehead atoms. The zero-order chi connectivity index (χ0) is 14.4. The molecule has 0 spiro atoms. The lowest BCUT2D eigenvalue weighted by molar-refractivity contribution is 0.128. The molecule has 1 aromatic carbocycles. The minimum absolute atomic E-state index is 0.355. The van der Waals surface area contributed by atoms with Crippen LogP contribution in [0.5, 0.6) is 0 Å². The summed E-state index contributed by atoms with van der Waals surface area (Å²) in [4.78, 5) is 8.62. The number of ether oxygens (including phenoxy) is 1. The first kappa shape index (κ1) is 14.9. The third-order valence-electron chi connectivity index (χ3n) is 2.47. The summed E-state index contributed by atoms with van der Waals surface area (Å²) in [6.07, 6.45) is 0. The first-order chi connectivity index (χ1) is 9.71. The van der Waals surface area contributed by atoms with Crippen molar-refractivity contribution < 1.29 is 4.74 Å². The topological polar surface area (TPSA) is 85.1 Å². The highest BCUT2D eigenvalue weighted by molar-refractivity contribution is 14.1. The van der Waals surface area contributed by atoms with Crippen molar-refractivity contribution in [2.75, 3.05) is 17.3 Å².